The Labute approximate surface area is 174 Å². The number of aromatic hydroxyl groups is 1. The van der Waals surface area contributed by atoms with Gasteiger partial charge in [0.15, 0.2) is 0 Å². The maximum absolute atomic E-state index is 12.2. The van der Waals surface area contributed by atoms with Crippen LogP contribution in [-0.4, -0.2) is 36.3 Å². The minimum atomic E-state index is -0.484. The average Bonchev–Trinajstić information content (AvgIpc) is 2.78. The molecule has 3 rings (SSSR count). The molecule has 7 heteroatoms. The first-order valence-electron chi connectivity index (χ1n) is 9.62. The molecule has 2 amide bonds. The number of phenols is 1. The fraction of sp³-hybridized carbons (Fsp3) is 0.174. The Bertz CT molecular complexity index is 1060. The number of phenolic OH excluding ortho intramolecular Hbond substituents is 1. The van der Waals surface area contributed by atoms with Crippen molar-refractivity contribution in [3.8, 4) is 11.5 Å². The minimum absolute atomic E-state index is 0.0614. The summed E-state index contributed by atoms with van der Waals surface area (Å²) >= 11 is 0. The number of hydrazone groups is 1. The first-order chi connectivity index (χ1) is 14.6. The van der Waals surface area contributed by atoms with Crippen molar-refractivity contribution in [2.24, 2.45) is 5.10 Å². The molecule has 0 spiro atoms. The van der Waals surface area contributed by atoms with Crippen molar-refractivity contribution in [2.45, 2.75) is 13.3 Å². The summed E-state index contributed by atoms with van der Waals surface area (Å²) in [4.78, 5) is 24.1. The quantitative estimate of drug-likeness (QED) is 0.396. The van der Waals surface area contributed by atoms with Gasteiger partial charge in [0, 0.05) is 11.1 Å². The van der Waals surface area contributed by atoms with Crippen LogP contribution < -0.4 is 15.5 Å². The standard InChI is InChI=1S/C23H23N3O4/c1-2-13-30-18-10-7-17(8-11-18)23(29)24-15-22(28)26-25-14-20-19-6-4-3-5-16(19)9-12-21(20)27/h3-12,14,27H,2,13,15H2,1H3,(H,24,29)(H,26,28)/b25-14+. The van der Waals surface area contributed by atoms with E-state index in [2.05, 4.69) is 15.8 Å². The molecule has 0 radical (unpaired) electrons. The lowest BCUT2D eigenvalue weighted by atomic mass is 10.0. The normalized spacial score (nSPS) is 10.8. The molecular formula is C23H23N3O4. The van der Waals surface area contributed by atoms with E-state index in [1.807, 2.05) is 31.2 Å². The van der Waals surface area contributed by atoms with Crippen molar-refractivity contribution < 1.29 is 19.4 Å². The molecule has 3 aromatic rings. The third-order valence-corrected chi connectivity index (χ3v) is 4.33. The van der Waals surface area contributed by atoms with Gasteiger partial charge in [-0.1, -0.05) is 37.3 Å². The second-order valence-electron chi connectivity index (χ2n) is 6.57. The Hall–Kier alpha value is -3.87. The van der Waals surface area contributed by atoms with Gasteiger partial charge in [-0.15, -0.1) is 0 Å². The van der Waals surface area contributed by atoms with Crippen molar-refractivity contribution in [3.63, 3.8) is 0 Å². The molecule has 0 aromatic heterocycles. The number of nitrogens with one attached hydrogen (secondary N) is 2. The number of amides is 2. The molecule has 0 atom stereocenters. The topological polar surface area (TPSA) is 100 Å². The van der Waals surface area contributed by atoms with Gasteiger partial charge in [-0.05, 0) is 47.5 Å². The van der Waals surface area contributed by atoms with E-state index in [1.54, 1.807) is 36.4 Å². The van der Waals surface area contributed by atoms with Gasteiger partial charge in [-0.2, -0.15) is 5.10 Å². The number of rotatable bonds is 8. The third-order valence-electron chi connectivity index (χ3n) is 4.33. The van der Waals surface area contributed by atoms with Crippen molar-refractivity contribution in [2.75, 3.05) is 13.2 Å². The van der Waals surface area contributed by atoms with Crippen LogP contribution in [0.15, 0.2) is 65.8 Å². The lowest BCUT2D eigenvalue weighted by Gasteiger charge is -2.07. The van der Waals surface area contributed by atoms with Crippen LogP contribution in [-0.2, 0) is 4.79 Å². The van der Waals surface area contributed by atoms with Gasteiger partial charge in [0.05, 0.1) is 19.4 Å². The lowest BCUT2D eigenvalue weighted by molar-refractivity contribution is -0.120. The van der Waals surface area contributed by atoms with Crippen molar-refractivity contribution in [1.29, 1.82) is 0 Å². The molecule has 0 heterocycles. The predicted octanol–water partition coefficient (Wildman–Crippen LogP) is 3.21. The first-order valence-corrected chi connectivity index (χ1v) is 9.62. The van der Waals surface area contributed by atoms with Crippen LogP contribution in [0.25, 0.3) is 10.8 Å². The number of carbonyl (C=O) groups excluding carboxylic acids is 2. The molecular weight excluding hydrogens is 382 g/mol. The van der Waals surface area contributed by atoms with Crippen LogP contribution in [0.2, 0.25) is 0 Å². The lowest BCUT2D eigenvalue weighted by Crippen LogP contribution is -2.34. The van der Waals surface area contributed by atoms with E-state index >= 15 is 0 Å². The number of hydrogen-bond donors (Lipinski definition) is 3. The van der Waals surface area contributed by atoms with Crippen molar-refractivity contribution in [1.82, 2.24) is 10.7 Å². The fourth-order valence-corrected chi connectivity index (χ4v) is 2.81. The van der Waals surface area contributed by atoms with Crippen LogP contribution in [0.3, 0.4) is 0 Å². The SMILES string of the molecule is CCCOc1ccc(C(=O)NCC(=O)N/N=C/c2c(O)ccc3ccccc23)cc1. The highest BCUT2D eigenvalue weighted by Crippen LogP contribution is 2.25. The Kier molecular flexibility index (Phi) is 7.00. The second-order valence-corrected chi connectivity index (χ2v) is 6.57. The van der Waals surface area contributed by atoms with E-state index in [1.165, 1.54) is 6.21 Å². The zero-order chi connectivity index (χ0) is 21.3. The summed E-state index contributed by atoms with van der Waals surface area (Å²) in [7, 11) is 0. The van der Waals surface area contributed by atoms with Crippen LogP contribution >= 0.6 is 0 Å². The smallest absolute Gasteiger partial charge is 0.259 e. The van der Waals surface area contributed by atoms with Crippen LogP contribution in [0.4, 0.5) is 0 Å². The largest absolute Gasteiger partial charge is 0.507 e. The van der Waals surface area contributed by atoms with Crippen molar-refractivity contribution in [3.05, 3.63) is 71.8 Å². The number of fused-ring (bicyclic) bond motifs is 1. The highest BCUT2D eigenvalue weighted by Gasteiger charge is 2.08. The van der Waals surface area contributed by atoms with E-state index in [9.17, 15) is 14.7 Å². The zero-order valence-electron chi connectivity index (χ0n) is 16.6. The molecule has 0 unspecified atom stereocenters. The molecule has 3 N–H and O–H groups in total. The van der Waals surface area contributed by atoms with Gasteiger partial charge in [-0.25, -0.2) is 5.43 Å². The van der Waals surface area contributed by atoms with Gasteiger partial charge in [0.25, 0.3) is 11.8 Å². The first kappa shape index (κ1) is 20.9. The molecule has 0 saturated heterocycles. The van der Waals surface area contributed by atoms with E-state index < -0.39 is 5.91 Å². The predicted molar refractivity (Wildman–Crippen MR) is 116 cm³/mol. The van der Waals surface area contributed by atoms with Crippen LogP contribution in [0.5, 0.6) is 11.5 Å². The molecule has 0 aliphatic carbocycles. The van der Waals surface area contributed by atoms with Gasteiger partial charge >= 0.3 is 0 Å². The van der Waals surface area contributed by atoms with Crippen LogP contribution in [0, 0.1) is 0 Å². The second kappa shape index (κ2) is 10.1. The maximum Gasteiger partial charge on any atom is 0.259 e. The zero-order valence-corrected chi connectivity index (χ0v) is 16.6. The minimum Gasteiger partial charge on any atom is -0.507 e. The van der Waals surface area contributed by atoms with E-state index in [0.717, 1.165) is 17.2 Å². The molecule has 0 bridgehead atoms. The molecule has 7 nitrogen and oxygen atoms in total. The Balaban J connectivity index is 1.53. The molecule has 0 saturated carbocycles. The summed E-state index contributed by atoms with van der Waals surface area (Å²) in [5.74, 6) is -0.103. The summed E-state index contributed by atoms with van der Waals surface area (Å²) in [6.07, 6.45) is 2.28. The monoisotopic (exact) mass is 405 g/mol. The highest BCUT2D eigenvalue weighted by atomic mass is 16.5. The molecule has 30 heavy (non-hydrogen) atoms. The Morgan fingerprint density at radius 2 is 1.83 bits per heavy atom. The number of carbonyl (C=O) groups is 2. The summed E-state index contributed by atoms with van der Waals surface area (Å²) in [5, 5.41) is 18.3. The summed E-state index contributed by atoms with van der Waals surface area (Å²) < 4.78 is 5.47. The number of nitrogens with zero attached hydrogens (tertiary/aromatic N) is 1. The maximum atomic E-state index is 12.2. The Morgan fingerprint density at radius 3 is 2.60 bits per heavy atom. The molecule has 3 aromatic carbocycles. The van der Waals surface area contributed by atoms with Gasteiger partial charge < -0.3 is 15.2 Å². The van der Waals surface area contributed by atoms with Gasteiger partial charge in [0.2, 0.25) is 0 Å². The third kappa shape index (κ3) is 5.35. The summed E-state index contributed by atoms with van der Waals surface area (Å²) in [5.41, 5.74) is 3.28. The van der Waals surface area contributed by atoms with Crippen LogP contribution in [0.1, 0.15) is 29.3 Å². The van der Waals surface area contributed by atoms with E-state index in [-0.39, 0.29) is 18.2 Å². The molecule has 0 fully saturated rings. The fourth-order valence-electron chi connectivity index (χ4n) is 2.81. The van der Waals surface area contributed by atoms with Gasteiger partial charge in [-0.3, -0.25) is 9.59 Å². The van der Waals surface area contributed by atoms with E-state index in [0.29, 0.717) is 23.5 Å². The van der Waals surface area contributed by atoms with Crippen molar-refractivity contribution >= 4 is 28.8 Å². The summed E-state index contributed by atoms with van der Waals surface area (Å²) in [6.45, 7) is 2.40. The number of hydrogen-bond acceptors (Lipinski definition) is 5. The molecule has 154 valence electrons. The number of benzene rings is 3. The van der Waals surface area contributed by atoms with Gasteiger partial charge in [0.1, 0.15) is 11.5 Å². The average molecular weight is 405 g/mol. The Morgan fingerprint density at radius 1 is 1.07 bits per heavy atom. The highest BCUT2D eigenvalue weighted by molar-refractivity contribution is 6.02. The summed E-state index contributed by atoms with van der Waals surface area (Å²) in [6, 6.07) is 17.6. The molecule has 0 aliphatic heterocycles. The van der Waals surface area contributed by atoms with E-state index in [4.69, 9.17) is 4.74 Å². The molecule has 0 aliphatic rings. The number of ether oxygens (including phenoxy) is 1.